The average molecular weight is 665 g/mol. The number of aromatic nitrogens is 3. The summed E-state index contributed by atoms with van der Waals surface area (Å²) in [5, 5.41) is 36.0. The van der Waals surface area contributed by atoms with Gasteiger partial charge >= 0.3 is 24.3 Å². The number of carboxylic acid groups (broad SMARTS) is 2. The van der Waals surface area contributed by atoms with Gasteiger partial charge in [-0.2, -0.15) is 31.3 Å². The molecule has 14 nitrogen and oxygen atoms in total. The van der Waals surface area contributed by atoms with Gasteiger partial charge in [0.15, 0.2) is 5.96 Å². The lowest BCUT2D eigenvalue weighted by molar-refractivity contribution is -0.193. The second kappa shape index (κ2) is 15.2. The van der Waals surface area contributed by atoms with E-state index in [9.17, 15) is 31.1 Å². The molecule has 3 aromatic rings. The number of aliphatic carboxylic acids is 2. The fourth-order valence-electron chi connectivity index (χ4n) is 4.23. The molecule has 4 rings (SSSR count). The molecular weight excluding hydrogens is 634 g/mol. The number of carbonyl (C=O) groups excluding carboxylic acids is 1. The van der Waals surface area contributed by atoms with Crippen LogP contribution in [-0.2, 0) is 9.59 Å². The average Bonchev–Trinajstić information content (AvgIpc) is 3.27. The summed E-state index contributed by atoms with van der Waals surface area (Å²) in [7, 11) is 0. The summed E-state index contributed by atoms with van der Waals surface area (Å²) in [6.45, 7) is 5.42. The predicted octanol–water partition coefficient (Wildman–Crippen LogP) is 4.27. The van der Waals surface area contributed by atoms with Crippen LogP contribution in [0.4, 0.5) is 38.1 Å². The van der Waals surface area contributed by atoms with Gasteiger partial charge < -0.3 is 31.1 Å². The zero-order chi connectivity index (χ0) is 35.0. The molecule has 2 heterocycles. The molecule has 1 aliphatic rings. The van der Waals surface area contributed by atoms with E-state index < -0.39 is 24.3 Å². The number of halogens is 6. The van der Waals surface area contributed by atoms with Crippen LogP contribution in [0.2, 0.25) is 0 Å². The number of carboxylic acids is 2. The molecule has 2 unspecified atom stereocenters. The van der Waals surface area contributed by atoms with E-state index in [2.05, 4.69) is 31.1 Å². The van der Waals surface area contributed by atoms with Gasteiger partial charge in [0.05, 0.1) is 11.2 Å². The van der Waals surface area contributed by atoms with Crippen LogP contribution in [0, 0.1) is 26.2 Å². The second-order valence-electron chi connectivity index (χ2n) is 9.88. The van der Waals surface area contributed by atoms with Crippen LogP contribution < -0.4 is 21.7 Å². The van der Waals surface area contributed by atoms with Crippen molar-refractivity contribution in [1.82, 2.24) is 20.4 Å². The number of carbonyl (C=O) groups is 3. The van der Waals surface area contributed by atoms with Gasteiger partial charge in [0.2, 0.25) is 5.95 Å². The monoisotopic (exact) mass is 664 g/mol. The number of nitrogens with two attached hydrogens (primary N) is 1. The van der Waals surface area contributed by atoms with E-state index in [1.165, 1.54) is 0 Å². The van der Waals surface area contributed by atoms with E-state index in [1.807, 2.05) is 25.1 Å². The number of hydrogen-bond acceptors (Lipinski definition) is 9. The van der Waals surface area contributed by atoms with Crippen LogP contribution in [-0.4, -0.2) is 73.6 Å². The maximum Gasteiger partial charge on any atom is 0.490 e. The third kappa shape index (κ3) is 10.8. The Balaban J connectivity index is 0.000000440. The van der Waals surface area contributed by atoms with E-state index >= 15 is 0 Å². The first-order valence-corrected chi connectivity index (χ1v) is 13.2. The van der Waals surface area contributed by atoms with Crippen molar-refractivity contribution in [2.45, 2.75) is 70.9 Å². The summed E-state index contributed by atoms with van der Waals surface area (Å²) in [5.74, 6) is -4.65. The number of guanidine groups is 1. The van der Waals surface area contributed by atoms with Crippen LogP contribution >= 0.6 is 0 Å². The van der Waals surface area contributed by atoms with Crippen LogP contribution in [0.25, 0.3) is 10.9 Å². The highest BCUT2D eigenvalue weighted by molar-refractivity contribution is 6.05. The zero-order valence-electron chi connectivity index (χ0n) is 24.4. The Bertz CT molecular complexity index is 1530. The number of alkyl halides is 6. The highest BCUT2D eigenvalue weighted by Crippen LogP contribution is 2.28. The Labute approximate surface area is 256 Å². The quantitative estimate of drug-likeness (QED) is 0.115. The number of benzene rings is 1. The van der Waals surface area contributed by atoms with Crippen molar-refractivity contribution in [3.05, 3.63) is 40.8 Å². The minimum atomic E-state index is -5.08. The van der Waals surface area contributed by atoms with Gasteiger partial charge in [-0.05, 0) is 45.7 Å². The number of fused-ring (bicyclic) bond motifs is 1. The van der Waals surface area contributed by atoms with Crippen LogP contribution in [0.5, 0.6) is 0 Å². The normalized spacial score (nSPS) is 16.2. The zero-order valence-corrected chi connectivity index (χ0v) is 24.4. The van der Waals surface area contributed by atoms with Gasteiger partial charge in [0.25, 0.3) is 5.91 Å². The maximum absolute atomic E-state index is 12.8. The molecule has 46 heavy (non-hydrogen) atoms. The molecule has 1 amide bonds. The molecule has 1 aromatic carbocycles. The smallest absolute Gasteiger partial charge is 0.475 e. The van der Waals surface area contributed by atoms with Gasteiger partial charge in [0, 0.05) is 17.5 Å². The Morgan fingerprint density at radius 2 is 1.50 bits per heavy atom. The third-order valence-corrected chi connectivity index (χ3v) is 6.25. The van der Waals surface area contributed by atoms with E-state index in [0.29, 0.717) is 28.4 Å². The lowest BCUT2D eigenvalue weighted by Crippen LogP contribution is -2.50. The maximum atomic E-state index is 12.8. The Morgan fingerprint density at radius 1 is 0.957 bits per heavy atom. The molecule has 1 fully saturated rings. The molecule has 0 saturated heterocycles. The van der Waals surface area contributed by atoms with Crippen molar-refractivity contribution < 1.29 is 55.5 Å². The number of hydrogen-bond donors (Lipinski definition) is 7. The molecule has 0 radical (unpaired) electrons. The topological polar surface area (TPSA) is 229 Å². The largest absolute Gasteiger partial charge is 0.490 e. The van der Waals surface area contributed by atoms with E-state index in [-0.39, 0.29) is 29.9 Å². The molecule has 0 bridgehead atoms. The molecule has 0 spiro atoms. The number of rotatable bonds is 5. The van der Waals surface area contributed by atoms with Crippen molar-refractivity contribution in [3.8, 4) is 0 Å². The first kappa shape index (κ1) is 37.0. The number of amides is 1. The Morgan fingerprint density at radius 3 is 1.98 bits per heavy atom. The molecular formula is C26H30F6N8O6. The minimum Gasteiger partial charge on any atom is -0.475 e. The van der Waals surface area contributed by atoms with Crippen molar-refractivity contribution in [2.24, 2.45) is 5.73 Å². The van der Waals surface area contributed by atoms with Gasteiger partial charge in [-0.1, -0.05) is 29.6 Å². The van der Waals surface area contributed by atoms with E-state index in [0.717, 1.165) is 36.6 Å². The fourth-order valence-corrected chi connectivity index (χ4v) is 4.23. The van der Waals surface area contributed by atoms with Gasteiger partial charge in [-0.15, -0.1) is 0 Å². The Hall–Kier alpha value is -5.17. The molecule has 20 heteroatoms. The number of anilines is 2. The fraction of sp³-hybridized carbons (Fsp3) is 0.423. The highest BCUT2D eigenvalue weighted by atomic mass is 19.4. The second-order valence-corrected chi connectivity index (χ2v) is 9.88. The summed E-state index contributed by atoms with van der Waals surface area (Å²) in [4.78, 5) is 39.8. The first-order chi connectivity index (χ1) is 21.2. The van der Waals surface area contributed by atoms with Crippen LogP contribution in [0.3, 0.4) is 0 Å². The van der Waals surface area contributed by atoms with Crippen LogP contribution in [0.1, 0.15) is 53.1 Å². The molecule has 1 aliphatic carbocycles. The summed E-state index contributed by atoms with van der Waals surface area (Å²) in [6.07, 6.45) is -6.19. The molecule has 2 aromatic heterocycles. The van der Waals surface area contributed by atoms with Gasteiger partial charge in [-0.3, -0.25) is 15.5 Å². The van der Waals surface area contributed by atoms with Crippen molar-refractivity contribution in [2.75, 3.05) is 10.6 Å². The van der Waals surface area contributed by atoms with Crippen molar-refractivity contribution >= 4 is 46.5 Å². The molecule has 0 aliphatic heterocycles. The third-order valence-electron chi connectivity index (χ3n) is 6.25. The summed E-state index contributed by atoms with van der Waals surface area (Å²) in [5.41, 5.74) is 8.29. The Kier molecular flexibility index (Phi) is 12.2. The minimum absolute atomic E-state index is 0.0245. The number of aryl methyl sites for hydroxylation is 3. The molecule has 1 saturated carbocycles. The van der Waals surface area contributed by atoms with Gasteiger partial charge in [0.1, 0.15) is 17.1 Å². The molecule has 2 atom stereocenters. The van der Waals surface area contributed by atoms with E-state index in [4.69, 9.17) is 35.5 Å². The number of nitrogens with one attached hydrogen (secondary N) is 4. The van der Waals surface area contributed by atoms with Gasteiger partial charge in [-0.25, -0.2) is 14.6 Å². The lowest BCUT2D eigenvalue weighted by Gasteiger charge is -2.33. The van der Waals surface area contributed by atoms with E-state index in [1.54, 1.807) is 13.8 Å². The lowest BCUT2D eigenvalue weighted by atomic mass is 9.90. The van der Waals surface area contributed by atoms with Crippen molar-refractivity contribution in [1.29, 1.82) is 5.41 Å². The predicted molar refractivity (Wildman–Crippen MR) is 150 cm³/mol. The molecule has 252 valence electrons. The van der Waals surface area contributed by atoms with Crippen LogP contribution in [0.15, 0.2) is 22.7 Å². The first-order valence-electron chi connectivity index (χ1n) is 13.2. The SMILES string of the molecule is Cc1ccc2nc(NC(=O)c3c(C)noc3C)nc(NC3CCCCC3NC(=N)N)c2c1.O=C(O)C(F)(F)F.O=C(O)C(F)(F)F. The highest BCUT2D eigenvalue weighted by Gasteiger charge is 2.39. The summed E-state index contributed by atoms with van der Waals surface area (Å²) >= 11 is 0. The van der Waals surface area contributed by atoms with Crippen molar-refractivity contribution in [3.63, 3.8) is 0 Å². The standard InChI is InChI=1S/C22H28N8O2.2C2HF3O2/c1-11-8-9-15-14(10-11)19(25-16-6-4-5-7-17(16)26-21(23)24)28-22(27-15)29-20(31)18-12(2)30-32-13(18)3;2*3-2(4,5)1(6)7/h8-10,16-17H,4-7H2,1-3H3,(H4,23,24,26)(H2,25,27,28,29,31);2*(H,6,7). The molecule has 8 N–H and O–H groups in total. The summed E-state index contributed by atoms with van der Waals surface area (Å²) < 4.78 is 68.6. The summed E-state index contributed by atoms with van der Waals surface area (Å²) in [6, 6.07) is 5.97. The number of nitrogens with zero attached hydrogens (tertiary/aromatic N) is 3.